The predicted molar refractivity (Wildman–Crippen MR) is 116 cm³/mol. The van der Waals surface area contributed by atoms with E-state index in [2.05, 4.69) is 5.32 Å². The van der Waals surface area contributed by atoms with Crippen molar-refractivity contribution in [3.05, 3.63) is 113 Å². The van der Waals surface area contributed by atoms with Crippen LogP contribution in [-0.4, -0.2) is 16.8 Å². The summed E-state index contributed by atoms with van der Waals surface area (Å²) in [6, 6.07) is 25.0. The van der Waals surface area contributed by atoms with Crippen LogP contribution in [0.25, 0.3) is 10.9 Å². The van der Waals surface area contributed by atoms with Crippen molar-refractivity contribution in [3.8, 4) is 0 Å². The number of nitrogens with zero attached hydrogens (tertiary/aromatic N) is 1. The Labute approximate surface area is 178 Å². The molecule has 0 bridgehead atoms. The summed E-state index contributed by atoms with van der Waals surface area (Å²) < 4.78 is 13.5. The second-order valence-electron chi connectivity index (χ2n) is 7.89. The first-order chi connectivity index (χ1) is 15.0. The Morgan fingerprint density at radius 1 is 0.806 bits per heavy atom. The van der Waals surface area contributed by atoms with Crippen LogP contribution in [0.5, 0.6) is 0 Å². The molecule has 0 fully saturated rings. The summed E-state index contributed by atoms with van der Waals surface area (Å²) >= 11 is 0. The molecule has 31 heavy (non-hydrogen) atoms. The number of pyridine rings is 1. The number of carbonyl (C=O) groups is 2. The van der Waals surface area contributed by atoms with Crippen LogP contribution in [-0.2, 0) is 23.1 Å². The minimum atomic E-state index is -1.04. The van der Waals surface area contributed by atoms with Crippen molar-refractivity contribution >= 4 is 22.7 Å². The van der Waals surface area contributed by atoms with Gasteiger partial charge < -0.3 is 0 Å². The number of aromatic nitrogens is 1. The molecule has 152 valence electrons. The van der Waals surface area contributed by atoms with Crippen LogP contribution in [0, 0.1) is 5.82 Å². The maximum Gasteiger partial charge on any atom is 0.258 e. The molecule has 5 rings (SSSR count). The van der Waals surface area contributed by atoms with E-state index in [4.69, 9.17) is 4.98 Å². The Kier molecular flexibility index (Phi) is 4.59. The summed E-state index contributed by atoms with van der Waals surface area (Å²) in [7, 11) is 0. The number of rotatable bonds is 4. The lowest BCUT2D eigenvalue weighted by molar-refractivity contribution is -0.126. The first-order valence-corrected chi connectivity index (χ1v) is 10.1. The number of hydrogen-bond acceptors (Lipinski definition) is 3. The van der Waals surface area contributed by atoms with Gasteiger partial charge in [-0.15, -0.1) is 0 Å². The van der Waals surface area contributed by atoms with Gasteiger partial charge >= 0.3 is 0 Å². The van der Waals surface area contributed by atoms with Crippen LogP contribution in [0.15, 0.2) is 84.9 Å². The van der Waals surface area contributed by atoms with Gasteiger partial charge in [-0.2, -0.15) is 0 Å². The second kappa shape index (κ2) is 7.43. The van der Waals surface area contributed by atoms with E-state index >= 15 is 0 Å². The van der Waals surface area contributed by atoms with Gasteiger partial charge in [-0.05, 0) is 47.9 Å². The van der Waals surface area contributed by atoms with E-state index in [0.29, 0.717) is 24.0 Å². The summed E-state index contributed by atoms with van der Waals surface area (Å²) in [5.74, 6) is -1.10. The Balaban J connectivity index is 1.67. The molecule has 1 aromatic heterocycles. The maximum absolute atomic E-state index is 13.5. The highest BCUT2D eigenvalue weighted by atomic mass is 19.1. The fraction of sp³-hybridized carbons (Fsp3) is 0.115. The third kappa shape index (κ3) is 3.38. The largest absolute Gasteiger partial charge is 0.292 e. The molecule has 0 saturated carbocycles. The molecule has 4 nitrogen and oxygen atoms in total. The lowest BCUT2D eigenvalue weighted by atomic mass is 9.68. The number of nitrogens with one attached hydrogen (secondary N) is 1. The van der Waals surface area contributed by atoms with Gasteiger partial charge in [0.15, 0.2) is 0 Å². The van der Waals surface area contributed by atoms with Gasteiger partial charge in [0, 0.05) is 23.1 Å². The highest BCUT2D eigenvalue weighted by molar-refractivity contribution is 6.13. The number of imide groups is 1. The first kappa shape index (κ1) is 19.1. The van der Waals surface area contributed by atoms with Gasteiger partial charge in [-0.25, -0.2) is 4.39 Å². The van der Waals surface area contributed by atoms with E-state index in [9.17, 15) is 14.0 Å². The molecule has 5 heteroatoms. The minimum Gasteiger partial charge on any atom is -0.292 e. The van der Waals surface area contributed by atoms with E-state index in [1.54, 1.807) is 24.3 Å². The maximum atomic E-state index is 13.5. The van der Waals surface area contributed by atoms with Crippen molar-refractivity contribution in [2.75, 3.05) is 0 Å². The van der Waals surface area contributed by atoms with Crippen molar-refractivity contribution in [2.24, 2.45) is 0 Å². The van der Waals surface area contributed by atoms with Crippen LogP contribution in [0.1, 0.15) is 27.2 Å². The van der Waals surface area contributed by atoms with Gasteiger partial charge in [-0.1, -0.05) is 54.6 Å². The molecule has 1 aliphatic rings. The van der Waals surface area contributed by atoms with Crippen LogP contribution in [0.3, 0.4) is 0 Å². The molecular weight excluding hydrogens is 391 g/mol. The molecule has 1 N–H and O–H groups in total. The van der Waals surface area contributed by atoms with Crippen LogP contribution >= 0.6 is 0 Å². The van der Waals surface area contributed by atoms with Crippen LogP contribution in [0.4, 0.5) is 4.39 Å². The van der Waals surface area contributed by atoms with E-state index in [0.717, 1.165) is 22.2 Å². The summed E-state index contributed by atoms with van der Waals surface area (Å²) in [5.41, 5.74) is 2.50. The summed E-state index contributed by atoms with van der Waals surface area (Å²) in [6.07, 6.45) is 0.628. The third-order valence-corrected chi connectivity index (χ3v) is 5.91. The topological polar surface area (TPSA) is 59.1 Å². The van der Waals surface area contributed by atoms with Crippen molar-refractivity contribution in [1.82, 2.24) is 10.3 Å². The Morgan fingerprint density at radius 3 is 2.39 bits per heavy atom. The molecule has 1 atom stereocenters. The summed E-state index contributed by atoms with van der Waals surface area (Å²) in [4.78, 5) is 30.7. The molecule has 1 unspecified atom stereocenters. The molecule has 2 heterocycles. The lowest BCUT2D eigenvalue weighted by Crippen LogP contribution is -2.54. The number of para-hydroxylation sites is 1. The van der Waals surface area contributed by atoms with E-state index in [1.807, 2.05) is 48.5 Å². The Morgan fingerprint density at radius 2 is 1.55 bits per heavy atom. The normalized spacial score (nSPS) is 18.0. The zero-order chi connectivity index (χ0) is 21.4. The molecule has 0 spiro atoms. The molecule has 4 aromatic rings. The monoisotopic (exact) mass is 410 g/mol. The van der Waals surface area contributed by atoms with Crippen molar-refractivity contribution in [2.45, 2.75) is 18.3 Å². The molecule has 0 radical (unpaired) electrons. The van der Waals surface area contributed by atoms with Gasteiger partial charge in [0.25, 0.3) is 5.91 Å². The van der Waals surface area contributed by atoms with Gasteiger partial charge in [0.1, 0.15) is 5.82 Å². The second-order valence-corrected chi connectivity index (χ2v) is 7.89. The zero-order valence-electron chi connectivity index (χ0n) is 16.6. The van der Waals surface area contributed by atoms with Gasteiger partial charge in [0.2, 0.25) is 5.91 Å². The Hall–Kier alpha value is -3.86. The fourth-order valence-electron chi connectivity index (χ4n) is 4.39. The number of hydrogen-bond donors (Lipinski definition) is 1. The SMILES string of the molecule is O=C1NC(=O)C(Cc2ccc(F)cc2)(Cc2ccc3ccccc3n2)c2ccccc21. The van der Waals surface area contributed by atoms with Crippen LogP contribution < -0.4 is 5.32 Å². The molecule has 1 aliphatic heterocycles. The van der Waals surface area contributed by atoms with Crippen molar-refractivity contribution in [1.29, 1.82) is 0 Å². The zero-order valence-corrected chi connectivity index (χ0v) is 16.6. The van der Waals surface area contributed by atoms with Crippen LogP contribution in [0.2, 0.25) is 0 Å². The number of benzene rings is 3. The number of halogens is 1. The smallest absolute Gasteiger partial charge is 0.258 e. The first-order valence-electron chi connectivity index (χ1n) is 10.1. The lowest BCUT2D eigenvalue weighted by Gasteiger charge is -2.37. The van der Waals surface area contributed by atoms with Crippen molar-refractivity contribution in [3.63, 3.8) is 0 Å². The van der Waals surface area contributed by atoms with E-state index < -0.39 is 11.3 Å². The fourth-order valence-corrected chi connectivity index (χ4v) is 4.39. The molecule has 0 saturated heterocycles. The summed E-state index contributed by atoms with van der Waals surface area (Å²) in [6.45, 7) is 0. The Bertz CT molecular complexity index is 1320. The standard InChI is InChI=1S/C26H19FN2O2/c27-19-12-9-17(10-13-19)15-26(16-20-14-11-18-5-1-4-8-23(18)28-20)22-7-3-2-6-21(22)24(30)29-25(26)31/h1-14H,15-16H2,(H,29,30,31). The highest BCUT2D eigenvalue weighted by Crippen LogP contribution is 2.37. The average Bonchev–Trinajstić information content (AvgIpc) is 2.79. The number of amides is 2. The van der Waals surface area contributed by atoms with E-state index in [-0.39, 0.29) is 11.7 Å². The number of carbonyl (C=O) groups excluding carboxylic acids is 2. The predicted octanol–water partition coefficient (Wildman–Crippen LogP) is 4.37. The number of fused-ring (bicyclic) bond motifs is 2. The highest BCUT2D eigenvalue weighted by Gasteiger charge is 2.47. The third-order valence-electron chi connectivity index (χ3n) is 5.91. The molecule has 3 aromatic carbocycles. The van der Waals surface area contributed by atoms with Gasteiger partial charge in [0.05, 0.1) is 10.9 Å². The summed E-state index contributed by atoms with van der Waals surface area (Å²) in [5, 5.41) is 3.55. The van der Waals surface area contributed by atoms with Crippen molar-refractivity contribution < 1.29 is 14.0 Å². The van der Waals surface area contributed by atoms with Gasteiger partial charge in [-0.3, -0.25) is 19.9 Å². The minimum absolute atomic E-state index is 0.311. The van der Waals surface area contributed by atoms with E-state index in [1.165, 1.54) is 12.1 Å². The molecular formula is C26H19FN2O2. The quantitative estimate of drug-likeness (QED) is 0.509. The molecule has 0 aliphatic carbocycles. The molecule has 2 amide bonds. The average molecular weight is 410 g/mol.